The number of anilines is 1. The molecule has 5 rings (SSSR count). The number of rotatable bonds is 7. The fraction of sp³-hybridized carbons (Fsp3) is 0.400. The van der Waals surface area contributed by atoms with Crippen LogP contribution in [0.3, 0.4) is 0 Å². The Bertz CT molecular complexity index is 1450. The van der Waals surface area contributed by atoms with E-state index >= 15 is 0 Å². The first-order valence-corrected chi connectivity index (χ1v) is 13.3. The van der Waals surface area contributed by atoms with Gasteiger partial charge in [0.1, 0.15) is 6.54 Å². The summed E-state index contributed by atoms with van der Waals surface area (Å²) in [5.41, 5.74) is 1.74. The number of nitrogens with one attached hydrogen (secondary N) is 2. The molecule has 1 aliphatic heterocycles. The van der Waals surface area contributed by atoms with Crippen LogP contribution < -0.4 is 10.6 Å². The van der Waals surface area contributed by atoms with Crippen LogP contribution in [0.2, 0.25) is 4.34 Å². The lowest BCUT2D eigenvalue weighted by atomic mass is 9.94. The molecule has 1 amide bonds. The molecule has 38 heavy (non-hydrogen) atoms. The molecule has 1 fully saturated rings. The molecule has 8 nitrogen and oxygen atoms in total. The normalized spacial score (nSPS) is 18.7. The predicted molar refractivity (Wildman–Crippen MR) is 140 cm³/mol. The van der Waals surface area contributed by atoms with Gasteiger partial charge in [0.15, 0.2) is 0 Å². The number of hydrogen-bond donors (Lipinski definition) is 2. The maximum absolute atomic E-state index is 13.6. The second-order valence-electron chi connectivity index (χ2n) is 9.58. The number of nitrogens with zero attached hydrogens (tertiary/aromatic N) is 4. The molecule has 1 saturated heterocycles. The fourth-order valence-electron chi connectivity index (χ4n) is 4.83. The van der Waals surface area contributed by atoms with Crippen molar-refractivity contribution in [1.29, 1.82) is 0 Å². The first-order chi connectivity index (χ1) is 18.1. The summed E-state index contributed by atoms with van der Waals surface area (Å²) in [6.07, 6.45) is -3.53. The summed E-state index contributed by atoms with van der Waals surface area (Å²) in [6, 6.07) is 8.67. The molecule has 0 aliphatic carbocycles. The maximum atomic E-state index is 13.6. The number of likely N-dealkylation sites (tertiary alicyclic amines) is 1. The highest BCUT2D eigenvalue weighted by molar-refractivity contribution is 7.14. The van der Waals surface area contributed by atoms with Crippen molar-refractivity contribution in [3.8, 4) is 11.5 Å². The van der Waals surface area contributed by atoms with E-state index in [1.165, 1.54) is 17.4 Å². The fourth-order valence-corrected chi connectivity index (χ4v) is 5.69. The molecule has 4 heterocycles. The smallest absolute Gasteiger partial charge is 0.381 e. The summed E-state index contributed by atoms with van der Waals surface area (Å²) >= 11 is 7.10. The number of carbonyl (C=O) groups excluding carboxylic acids is 1. The maximum Gasteiger partial charge on any atom is 0.406 e. The van der Waals surface area contributed by atoms with Crippen molar-refractivity contribution in [3.63, 3.8) is 0 Å². The van der Waals surface area contributed by atoms with Crippen LogP contribution in [0.25, 0.3) is 22.4 Å². The number of piperidine rings is 1. The van der Waals surface area contributed by atoms with Crippen LogP contribution in [0.15, 0.2) is 40.2 Å². The average molecular weight is 567 g/mol. The molecule has 0 bridgehead atoms. The van der Waals surface area contributed by atoms with Gasteiger partial charge >= 0.3 is 6.18 Å². The zero-order valence-corrected chi connectivity index (χ0v) is 22.3. The van der Waals surface area contributed by atoms with Gasteiger partial charge in [-0.25, -0.2) is 0 Å². The van der Waals surface area contributed by atoms with Crippen molar-refractivity contribution in [1.82, 2.24) is 24.9 Å². The summed E-state index contributed by atoms with van der Waals surface area (Å²) in [5.74, 6) is 0.0719. The van der Waals surface area contributed by atoms with E-state index in [9.17, 15) is 18.0 Å². The molecule has 13 heteroatoms. The molecule has 0 radical (unpaired) electrons. The number of hydrogen-bond acceptors (Lipinski definition) is 7. The second kappa shape index (κ2) is 10.6. The first kappa shape index (κ1) is 26.5. The minimum Gasteiger partial charge on any atom is -0.381 e. The van der Waals surface area contributed by atoms with Gasteiger partial charge in [-0.3, -0.25) is 4.79 Å². The third-order valence-electron chi connectivity index (χ3n) is 6.66. The second-order valence-corrected chi connectivity index (χ2v) is 11.1. The number of aromatic nitrogens is 3. The Morgan fingerprint density at radius 2 is 2.13 bits per heavy atom. The summed E-state index contributed by atoms with van der Waals surface area (Å²) in [7, 11) is 2.08. The Hall–Kier alpha value is -3.09. The Morgan fingerprint density at radius 1 is 1.32 bits per heavy atom. The molecule has 2 N–H and O–H groups in total. The van der Waals surface area contributed by atoms with Gasteiger partial charge in [0.05, 0.1) is 27.7 Å². The van der Waals surface area contributed by atoms with Crippen LogP contribution >= 0.6 is 22.9 Å². The topological polar surface area (TPSA) is 88.2 Å². The lowest BCUT2D eigenvalue weighted by Crippen LogP contribution is -2.43. The van der Waals surface area contributed by atoms with E-state index in [1.54, 1.807) is 23.6 Å². The number of carbonyl (C=O) groups is 1. The number of benzene rings is 1. The van der Waals surface area contributed by atoms with Crippen LogP contribution in [0.5, 0.6) is 0 Å². The molecule has 0 spiro atoms. The lowest BCUT2D eigenvalue weighted by Gasteiger charge is -2.36. The number of alkyl halides is 3. The molecule has 0 saturated carbocycles. The van der Waals surface area contributed by atoms with Gasteiger partial charge in [0, 0.05) is 29.0 Å². The van der Waals surface area contributed by atoms with Crippen LogP contribution in [0.1, 0.15) is 29.6 Å². The Labute approximate surface area is 225 Å². The van der Waals surface area contributed by atoms with Gasteiger partial charge in [0.2, 0.25) is 11.7 Å². The summed E-state index contributed by atoms with van der Waals surface area (Å²) < 4.78 is 47.7. The minimum absolute atomic E-state index is 0.00638. The van der Waals surface area contributed by atoms with Crippen LogP contribution in [-0.2, 0) is 13.1 Å². The number of halogens is 4. The standard InChI is InChI=1S/C25H26ClF3N6O2S/c1-14-11-34(2)7-6-17(14)31-18-4-3-5-19-16(18)9-20(35(19)13-25(27,28)29)23-32-22(37-33-23)10-30-24(36)15-8-21(26)38-12-15/h3-5,8-9,12,14,17,31H,6-7,10-11,13H2,1-2H3,(H,30,36)/t14-,17+/m0/s1. The monoisotopic (exact) mass is 566 g/mol. The Balaban J connectivity index is 1.43. The molecule has 1 aromatic carbocycles. The number of thiophene rings is 1. The van der Waals surface area contributed by atoms with Gasteiger partial charge in [-0.05, 0) is 50.2 Å². The van der Waals surface area contributed by atoms with Gasteiger partial charge in [-0.2, -0.15) is 18.2 Å². The van der Waals surface area contributed by atoms with E-state index in [2.05, 4.69) is 39.6 Å². The van der Waals surface area contributed by atoms with Crippen LogP contribution in [-0.4, -0.2) is 57.9 Å². The van der Waals surface area contributed by atoms with E-state index in [4.69, 9.17) is 16.1 Å². The average Bonchev–Trinajstić information content (AvgIpc) is 3.58. The lowest BCUT2D eigenvalue weighted by molar-refractivity contribution is -0.139. The molecule has 3 aromatic heterocycles. The number of fused-ring (bicyclic) bond motifs is 1. The molecule has 202 valence electrons. The molecular formula is C25H26ClF3N6O2S. The van der Waals surface area contributed by atoms with Gasteiger partial charge < -0.3 is 24.6 Å². The minimum atomic E-state index is -4.46. The van der Waals surface area contributed by atoms with Crippen LogP contribution in [0, 0.1) is 5.92 Å². The van der Waals surface area contributed by atoms with Crippen molar-refractivity contribution >= 4 is 45.4 Å². The molecule has 2 atom stereocenters. The highest BCUT2D eigenvalue weighted by atomic mass is 35.5. The van der Waals surface area contributed by atoms with E-state index in [0.717, 1.165) is 29.8 Å². The molecular weight excluding hydrogens is 541 g/mol. The highest BCUT2D eigenvalue weighted by Gasteiger charge is 2.32. The van der Waals surface area contributed by atoms with E-state index in [-0.39, 0.29) is 35.9 Å². The van der Waals surface area contributed by atoms with Crippen LogP contribution in [0.4, 0.5) is 18.9 Å². The van der Waals surface area contributed by atoms with E-state index in [1.807, 2.05) is 6.07 Å². The Kier molecular flexibility index (Phi) is 7.38. The highest BCUT2D eigenvalue weighted by Crippen LogP contribution is 2.35. The SMILES string of the molecule is C[C@H]1CN(C)CC[C@H]1Nc1cccc2c1cc(-c1noc(CNC(=O)c3csc(Cl)c3)n1)n2CC(F)(F)F. The zero-order valence-electron chi connectivity index (χ0n) is 20.7. The van der Waals surface area contributed by atoms with Crippen molar-refractivity contribution in [3.05, 3.63) is 51.5 Å². The van der Waals surface area contributed by atoms with Gasteiger partial charge in [0.25, 0.3) is 5.91 Å². The molecule has 1 aliphatic rings. The number of amides is 1. The predicted octanol–water partition coefficient (Wildman–Crippen LogP) is 5.65. The third-order valence-corrected chi connectivity index (χ3v) is 7.75. The summed E-state index contributed by atoms with van der Waals surface area (Å²) in [4.78, 5) is 18.8. The van der Waals surface area contributed by atoms with Crippen molar-refractivity contribution in [2.45, 2.75) is 38.7 Å². The van der Waals surface area contributed by atoms with E-state index < -0.39 is 12.7 Å². The largest absolute Gasteiger partial charge is 0.406 e. The first-order valence-electron chi connectivity index (χ1n) is 12.1. The molecule has 4 aromatic rings. The Morgan fingerprint density at radius 3 is 2.84 bits per heavy atom. The van der Waals surface area contributed by atoms with Crippen molar-refractivity contribution in [2.24, 2.45) is 5.92 Å². The third kappa shape index (κ3) is 5.82. The van der Waals surface area contributed by atoms with Crippen molar-refractivity contribution < 1.29 is 22.5 Å². The zero-order chi connectivity index (χ0) is 27.0. The van der Waals surface area contributed by atoms with E-state index in [0.29, 0.717) is 26.7 Å². The quantitative estimate of drug-likeness (QED) is 0.300. The molecule has 0 unspecified atom stereocenters. The van der Waals surface area contributed by atoms with Crippen molar-refractivity contribution in [2.75, 3.05) is 25.5 Å². The van der Waals surface area contributed by atoms with Gasteiger partial charge in [-0.1, -0.05) is 29.7 Å². The summed E-state index contributed by atoms with van der Waals surface area (Å²) in [5, 5.41) is 12.4. The summed E-state index contributed by atoms with van der Waals surface area (Å²) in [6.45, 7) is 2.76. The van der Waals surface area contributed by atoms with Gasteiger partial charge in [-0.15, -0.1) is 11.3 Å².